The van der Waals surface area contributed by atoms with Crippen LogP contribution in [0.25, 0.3) is 0 Å². The van der Waals surface area contributed by atoms with Crippen LogP contribution in [-0.2, 0) is 11.3 Å². The van der Waals surface area contributed by atoms with Crippen LogP contribution < -0.4 is 5.32 Å². The minimum absolute atomic E-state index is 0.109. The molecule has 0 amide bonds. The van der Waals surface area contributed by atoms with E-state index < -0.39 is 0 Å². The molecule has 0 spiro atoms. The van der Waals surface area contributed by atoms with Gasteiger partial charge in [-0.2, -0.15) is 0 Å². The lowest BCUT2D eigenvalue weighted by Crippen LogP contribution is -2.46. The van der Waals surface area contributed by atoms with Gasteiger partial charge in [0.25, 0.3) is 0 Å². The molecule has 96 valence electrons. The van der Waals surface area contributed by atoms with Gasteiger partial charge in [-0.1, -0.05) is 13.8 Å². The Morgan fingerprint density at radius 2 is 2.35 bits per heavy atom. The summed E-state index contributed by atoms with van der Waals surface area (Å²) in [6.45, 7) is 6.23. The first-order valence-electron chi connectivity index (χ1n) is 6.52. The molecule has 0 saturated carbocycles. The lowest BCUT2D eigenvalue weighted by molar-refractivity contribution is -0.0932. The Hall–Kier alpha value is -0.450. The van der Waals surface area contributed by atoms with Crippen LogP contribution in [0, 0.1) is 0 Å². The molecular formula is C13H22N2OS. The number of hydrogen-bond acceptors (Lipinski definition) is 4. The number of thiazole rings is 1. The third-order valence-corrected chi connectivity index (χ3v) is 4.47. The molecule has 1 aromatic rings. The van der Waals surface area contributed by atoms with E-state index in [2.05, 4.69) is 29.5 Å². The highest BCUT2D eigenvalue weighted by Gasteiger charge is 2.34. The van der Waals surface area contributed by atoms with Crippen molar-refractivity contribution in [2.45, 2.75) is 57.7 Å². The van der Waals surface area contributed by atoms with Crippen LogP contribution in [0.15, 0.2) is 10.9 Å². The summed E-state index contributed by atoms with van der Waals surface area (Å²) in [5.41, 5.74) is 3.15. The first kappa shape index (κ1) is 13.0. The fourth-order valence-electron chi connectivity index (χ4n) is 2.52. The highest BCUT2D eigenvalue weighted by molar-refractivity contribution is 7.07. The van der Waals surface area contributed by atoms with Crippen LogP contribution in [0.1, 0.15) is 45.2 Å². The van der Waals surface area contributed by atoms with Crippen LogP contribution in [0.2, 0.25) is 0 Å². The number of aromatic nitrogens is 1. The standard InChI is InChI=1S/C13H22N2OS/c1-3-13(4-2)7-11(5-6-16-13)14-8-12-9-17-10-15-12/h9-11,14H,3-8H2,1-2H3. The van der Waals surface area contributed by atoms with E-state index in [1.807, 2.05) is 5.51 Å². The Labute approximate surface area is 108 Å². The third kappa shape index (κ3) is 3.27. The summed E-state index contributed by atoms with van der Waals surface area (Å²) in [5, 5.41) is 5.72. The molecule has 0 aliphatic carbocycles. The molecule has 1 aliphatic rings. The second kappa shape index (κ2) is 5.94. The van der Waals surface area contributed by atoms with Crippen LogP contribution >= 0.6 is 11.3 Å². The van der Waals surface area contributed by atoms with E-state index in [0.29, 0.717) is 6.04 Å². The molecule has 2 rings (SSSR count). The van der Waals surface area contributed by atoms with Gasteiger partial charge in [-0.15, -0.1) is 11.3 Å². The second-order valence-corrected chi connectivity index (χ2v) is 5.51. The molecule has 1 atom stereocenters. The van der Waals surface area contributed by atoms with Crippen molar-refractivity contribution in [2.24, 2.45) is 0 Å². The van der Waals surface area contributed by atoms with E-state index in [-0.39, 0.29) is 5.60 Å². The van der Waals surface area contributed by atoms with Gasteiger partial charge in [0, 0.05) is 24.6 Å². The summed E-state index contributed by atoms with van der Waals surface area (Å²) in [5.74, 6) is 0. The van der Waals surface area contributed by atoms with E-state index in [1.165, 1.54) is 0 Å². The molecule has 3 nitrogen and oxygen atoms in total. The zero-order valence-electron chi connectivity index (χ0n) is 10.7. The Balaban J connectivity index is 1.85. The van der Waals surface area contributed by atoms with E-state index in [1.54, 1.807) is 11.3 Å². The molecule has 1 fully saturated rings. The maximum Gasteiger partial charge on any atom is 0.0795 e. The fourth-order valence-corrected chi connectivity index (χ4v) is 3.08. The highest BCUT2D eigenvalue weighted by Crippen LogP contribution is 2.31. The SMILES string of the molecule is CCC1(CC)CC(NCc2cscn2)CCO1. The molecule has 1 N–H and O–H groups in total. The molecule has 4 heteroatoms. The average molecular weight is 254 g/mol. The summed E-state index contributed by atoms with van der Waals surface area (Å²) in [6, 6.07) is 0.574. The van der Waals surface area contributed by atoms with Crippen molar-refractivity contribution in [2.75, 3.05) is 6.61 Å². The first-order valence-corrected chi connectivity index (χ1v) is 7.46. The Morgan fingerprint density at radius 1 is 1.53 bits per heavy atom. The summed E-state index contributed by atoms with van der Waals surface area (Å²) >= 11 is 1.66. The molecule has 1 aliphatic heterocycles. The summed E-state index contributed by atoms with van der Waals surface area (Å²) in [4.78, 5) is 4.30. The van der Waals surface area contributed by atoms with Gasteiger partial charge in [0.15, 0.2) is 0 Å². The topological polar surface area (TPSA) is 34.2 Å². The van der Waals surface area contributed by atoms with Crippen molar-refractivity contribution in [3.63, 3.8) is 0 Å². The van der Waals surface area contributed by atoms with Gasteiger partial charge in [-0.3, -0.25) is 0 Å². The zero-order valence-corrected chi connectivity index (χ0v) is 11.6. The number of rotatable bonds is 5. The number of ether oxygens (including phenoxy) is 1. The normalized spacial score (nSPS) is 23.8. The van der Waals surface area contributed by atoms with Crippen molar-refractivity contribution in [3.8, 4) is 0 Å². The van der Waals surface area contributed by atoms with E-state index in [9.17, 15) is 0 Å². The predicted molar refractivity (Wildman–Crippen MR) is 71.2 cm³/mol. The maximum absolute atomic E-state index is 5.98. The van der Waals surface area contributed by atoms with E-state index in [4.69, 9.17) is 4.74 Å². The van der Waals surface area contributed by atoms with Gasteiger partial charge in [0.2, 0.25) is 0 Å². The van der Waals surface area contributed by atoms with Crippen LogP contribution in [0.5, 0.6) is 0 Å². The van der Waals surface area contributed by atoms with Crippen LogP contribution in [0.3, 0.4) is 0 Å². The van der Waals surface area contributed by atoms with Crippen molar-refractivity contribution in [3.05, 3.63) is 16.6 Å². The largest absolute Gasteiger partial charge is 0.375 e. The molecule has 2 heterocycles. The van der Waals surface area contributed by atoms with Gasteiger partial charge in [0.1, 0.15) is 0 Å². The van der Waals surface area contributed by atoms with Crippen molar-refractivity contribution < 1.29 is 4.74 Å². The van der Waals surface area contributed by atoms with Gasteiger partial charge in [0.05, 0.1) is 16.8 Å². The Bertz CT molecular complexity index is 322. The molecule has 17 heavy (non-hydrogen) atoms. The van der Waals surface area contributed by atoms with Gasteiger partial charge in [-0.25, -0.2) is 4.98 Å². The van der Waals surface area contributed by atoms with Crippen LogP contribution in [-0.4, -0.2) is 23.2 Å². The number of hydrogen-bond donors (Lipinski definition) is 1. The zero-order chi connectivity index (χ0) is 12.1. The lowest BCUT2D eigenvalue weighted by Gasteiger charge is -2.40. The van der Waals surface area contributed by atoms with Crippen LogP contribution in [0.4, 0.5) is 0 Å². The van der Waals surface area contributed by atoms with E-state index >= 15 is 0 Å². The first-order chi connectivity index (χ1) is 8.28. The predicted octanol–water partition coefficient (Wildman–Crippen LogP) is 2.97. The maximum atomic E-state index is 5.98. The number of nitrogens with one attached hydrogen (secondary N) is 1. The second-order valence-electron chi connectivity index (χ2n) is 4.79. The van der Waals surface area contributed by atoms with Crippen molar-refractivity contribution in [1.29, 1.82) is 0 Å². The Kier molecular flexibility index (Phi) is 4.54. The average Bonchev–Trinajstić information content (AvgIpc) is 2.90. The quantitative estimate of drug-likeness (QED) is 0.877. The molecule has 0 aromatic carbocycles. The molecule has 1 saturated heterocycles. The lowest BCUT2D eigenvalue weighted by atomic mass is 9.86. The van der Waals surface area contributed by atoms with Gasteiger partial charge in [-0.05, 0) is 25.7 Å². The monoisotopic (exact) mass is 254 g/mol. The molecule has 0 radical (unpaired) electrons. The molecule has 0 bridgehead atoms. The van der Waals surface area contributed by atoms with Gasteiger partial charge >= 0.3 is 0 Å². The minimum atomic E-state index is 0.109. The fraction of sp³-hybridized carbons (Fsp3) is 0.769. The molecule has 1 unspecified atom stereocenters. The molecular weight excluding hydrogens is 232 g/mol. The minimum Gasteiger partial charge on any atom is -0.375 e. The Morgan fingerprint density at radius 3 is 3.00 bits per heavy atom. The third-order valence-electron chi connectivity index (χ3n) is 3.84. The summed E-state index contributed by atoms with van der Waals surface area (Å²) < 4.78 is 5.98. The van der Waals surface area contributed by atoms with Gasteiger partial charge < -0.3 is 10.1 Å². The highest BCUT2D eigenvalue weighted by atomic mass is 32.1. The smallest absolute Gasteiger partial charge is 0.0795 e. The number of nitrogens with zero attached hydrogens (tertiary/aromatic N) is 1. The van der Waals surface area contributed by atoms with Crippen molar-refractivity contribution in [1.82, 2.24) is 10.3 Å². The molecule has 1 aromatic heterocycles. The summed E-state index contributed by atoms with van der Waals surface area (Å²) in [6.07, 6.45) is 4.47. The van der Waals surface area contributed by atoms with Crippen molar-refractivity contribution >= 4 is 11.3 Å². The van der Waals surface area contributed by atoms with E-state index in [0.717, 1.165) is 44.5 Å². The summed E-state index contributed by atoms with van der Waals surface area (Å²) in [7, 11) is 0.